The van der Waals surface area contributed by atoms with Crippen LogP contribution in [0, 0.1) is 0 Å². The SMILES string of the molecule is O=P(O)(O)O.O=P([O-])([O-])Oc1ccccc1.[Cs+].[Na+]. The zero-order valence-corrected chi connectivity index (χ0v) is 19.7. The van der Waals surface area contributed by atoms with Gasteiger partial charge in [0.05, 0.1) is 0 Å². The van der Waals surface area contributed by atoms with Crippen LogP contribution >= 0.6 is 15.6 Å². The molecule has 0 spiro atoms. The predicted molar refractivity (Wildman–Crippen MR) is 48.9 cm³/mol. The van der Waals surface area contributed by atoms with Gasteiger partial charge in [0.2, 0.25) is 0 Å². The van der Waals surface area contributed by atoms with E-state index in [-0.39, 0.29) is 104 Å². The van der Waals surface area contributed by atoms with Crippen LogP contribution in [0.2, 0.25) is 0 Å². The van der Waals surface area contributed by atoms with Gasteiger partial charge in [0.15, 0.2) is 0 Å². The first-order valence-corrected chi connectivity index (χ1v) is 6.65. The Labute approximate surface area is 184 Å². The maximum absolute atomic E-state index is 10.1. The van der Waals surface area contributed by atoms with Crippen LogP contribution in [-0.2, 0) is 9.13 Å². The molecule has 0 bridgehead atoms. The van der Waals surface area contributed by atoms with Gasteiger partial charge >= 0.3 is 106 Å². The molecule has 1 aromatic rings. The first kappa shape index (κ1) is 25.3. The molecule has 0 aromatic heterocycles. The number of hydrogen-bond acceptors (Lipinski definition) is 5. The van der Waals surface area contributed by atoms with Gasteiger partial charge in [-0.3, -0.25) is 0 Å². The quantitative estimate of drug-likeness (QED) is 0.312. The summed E-state index contributed by atoms with van der Waals surface area (Å²) in [6.07, 6.45) is 0. The minimum Gasteiger partial charge on any atom is -0.780 e. The third kappa shape index (κ3) is 23.4. The number of benzene rings is 1. The van der Waals surface area contributed by atoms with Crippen LogP contribution in [0.4, 0.5) is 0 Å². The van der Waals surface area contributed by atoms with E-state index < -0.39 is 15.6 Å². The van der Waals surface area contributed by atoms with Gasteiger partial charge in [-0.1, -0.05) is 18.2 Å². The predicted octanol–water partition coefficient (Wildman–Crippen LogP) is -7.03. The minimum atomic E-state index is -4.89. The standard InChI is InChI=1S/C6H7O4P.Cs.Na.H3O4P/c7-11(8,9)10-6-4-2-1-3-5-6;;;1-5(2,3)4/h1-5H,(H2,7,8,9);;;(H3,1,2,3,4)/q;2*+1;/p-2. The zero-order valence-electron chi connectivity index (χ0n) is 9.66. The van der Waals surface area contributed by atoms with E-state index in [1.165, 1.54) is 12.1 Å². The number of phosphoric ester groups is 1. The van der Waals surface area contributed by atoms with Gasteiger partial charge in [0.1, 0.15) is 13.6 Å². The zero-order chi connectivity index (χ0) is 12.8. The molecule has 0 fully saturated rings. The number of para-hydroxylation sites is 1. The Morgan fingerprint density at radius 3 is 1.61 bits per heavy atom. The van der Waals surface area contributed by atoms with E-state index >= 15 is 0 Å². The molecule has 0 heterocycles. The van der Waals surface area contributed by atoms with Crippen molar-refractivity contribution in [3.05, 3.63) is 30.3 Å². The molecule has 0 atom stereocenters. The first-order valence-electron chi connectivity index (χ1n) is 3.63. The van der Waals surface area contributed by atoms with E-state index in [1.807, 2.05) is 0 Å². The maximum atomic E-state index is 10.1. The largest absolute Gasteiger partial charge is 1.00 e. The van der Waals surface area contributed by atoms with E-state index in [9.17, 15) is 14.4 Å². The molecule has 3 N–H and O–H groups in total. The van der Waals surface area contributed by atoms with Gasteiger partial charge in [-0.25, -0.2) is 4.57 Å². The Bertz CT molecular complexity index is 395. The summed E-state index contributed by atoms with van der Waals surface area (Å²) >= 11 is 0. The molecule has 1 rings (SSSR count). The van der Waals surface area contributed by atoms with Gasteiger partial charge in [0.25, 0.3) is 0 Å². The summed E-state index contributed by atoms with van der Waals surface area (Å²) in [5, 5.41) is 0. The van der Waals surface area contributed by atoms with Crippen molar-refractivity contribution in [3.63, 3.8) is 0 Å². The summed E-state index contributed by atoms with van der Waals surface area (Å²) in [6, 6.07) is 7.62. The second-order valence-electron chi connectivity index (χ2n) is 2.36. The second-order valence-corrected chi connectivity index (χ2v) is 4.47. The van der Waals surface area contributed by atoms with Crippen molar-refractivity contribution in [2.24, 2.45) is 0 Å². The summed E-state index contributed by atoms with van der Waals surface area (Å²) < 4.78 is 23.0. The summed E-state index contributed by atoms with van der Waals surface area (Å²) in [6.45, 7) is 0. The van der Waals surface area contributed by atoms with E-state index in [1.54, 1.807) is 18.2 Å². The van der Waals surface area contributed by atoms with Gasteiger partial charge in [0, 0.05) is 0 Å². The van der Waals surface area contributed by atoms with Crippen LogP contribution in [0.15, 0.2) is 30.3 Å². The summed E-state index contributed by atoms with van der Waals surface area (Å²) in [7, 11) is -9.53. The van der Waals surface area contributed by atoms with E-state index in [4.69, 9.17) is 19.2 Å². The van der Waals surface area contributed by atoms with Gasteiger partial charge in [-0.15, -0.1) is 0 Å². The summed E-state index contributed by atoms with van der Waals surface area (Å²) in [5.41, 5.74) is 0. The molecule has 0 radical (unpaired) electrons. The second kappa shape index (κ2) is 11.9. The number of phosphoric acid groups is 2. The van der Waals surface area contributed by atoms with Crippen LogP contribution in [0.5, 0.6) is 5.75 Å². The van der Waals surface area contributed by atoms with E-state index in [0.29, 0.717) is 0 Å². The van der Waals surface area contributed by atoms with E-state index in [2.05, 4.69) is 4.52 Å². The molecule has 18 heavy (non-hydrogen) atoms. The fourth-order valence-corrected chi connectivity index (χ4v) is 0.990. The Morgan fingerprint density at radius 1 is 1.00 bits per heavy atom. The molecule has 0 aliphatic rings. The molecule has 0 saturated heterocycles. The third-order valence-electron chi connectivity index (χ3n) is 0.960. The molecular weight excluding hydrogens is 418 g/mol. The maximum Gasteiger partial charge on any atom is 1.00 e. The summed E-state index contributed by atoms with van der Waals surface area (Å²) in [4.78, 5) is 41.7. The van der Waals surface area contributed by atoms with Gasteiger partial charge < -0.3 is 33.6 Å². The van der Waals surface area contributed by atoms with Crippen LogP contribution < -0.4 is 113 Å². The van der Waals surface area contributed by atoms with Gasteiger partial charge in [-0.05, 0) is 12.1 Å². The van der Waals surface area contributed by atoms with Crippen molar-refractivity contribution < 1.29 is 137 Å². The average Bonchev–Trinajstić information content (AvgIpc) is 1.99. The Hall–Kier alpha value is 2.33. The first-order chi connectivity index (χ1) is 7.08. The fraction of sp³-hybridized carbons (Fsp3) is 0. The average molecular weight is 426 g/mol. The third-order valence-corrected chi connectivity index (χ3v) is 1.39. The molecule has 12 heteroatoms. The molecule has 1 aromatic carbocycles. The van der Waals surface area contributed by atoms with E-state index in [0.717, 1.165) is 0 Å². The van der Waals surface area contributed by atoms with Crippen molar-refractivity contribution in [1.29, 1.82) is 0 Å². The Balaban J connectivity index is -0.000000282. The minimum absolute atomic E-state index is 0. The Kier molecular flexibility index (Phi) is 16.8. The molecular formula is C6H8CsNaO8P2. The monoisotopic (exact) mass is 426 g/mol. The van der Waals surface area contributed by atoms with Crippen molar-refractivity contribution in [2.75, 3.05) is 0 Å². The normalized spacial score (nSPS) is 10.1. The smallest absolute Gasteiger partial charge is 0.780 e. The fourth-order valence-electron chi connectivity index (χ4n) is 0.610. The molecule has 0 amide bonds. The van der Waals surface area contributed by atoms with Crippen LogP contribution in [0.3, 0.4) is 0 Å². The molecule has 0 aliphatic carbocycles. The van der Waals surface area contributed by atoms with Crippen molar-refractivity contribution >= 4 is 15.6 Å². The molecule has 92 valence electrons. The topological polar surface area (TPSA) is 150 Å². The van der Waals surface area contributed by atoms with Crippen LogP contribution in [0.1, 0.15) is 0 Å². The van der Waals surface area contributed by atoms with Crippen LogP contribution in [-0.4, -0.2) is 14.7 Å². The molecule has 0 saturated carbocycles. The number of hydrogen-bond donors (Lipinski definition) is 3. The Morgan fingerprint density at radius 2 is 1.33 bits per heavy atom. The molecule has 0 aliphatic heterocycles. The van der Waals surface area contributed by atoms with Crippen LogP contribution in [0.25, 0.3) is 0 Å². The molecule has 0 unspecified atom stereocenters. The van der Waals surface area contributed by atoms with Gasteiger partial charge in [-0.2, -0.15) is 0 Å². The van der Waals surface area contributed by atoms with Crippen molar-refractivity contribution in [3.8, 4) is 5.75 Å². The van der Waals surface area contributed by atoms with Crippen molar-refractivity contribution in [1.82, 2.24) is 0 Å². The number of rotatable bonds is 2. The molecule has 8 nitrogen and oxygen atoms in total. The van der Waals surface area contributed by atoms with Crippen molar-refractivity contribution in [2.45, 2.75) is 0 Å². The summed E-state index contributed by atoms with van der Waals surface area (Å²) in [5.74, 6) is 0.0424.